The molecule has 1 aliphatic carbocycles. The van der Waals surface area contributed by atoms with Gasteiger partial charge in [0.1, 0.15) is 12.7 Å². The van der Waals surface area contributed by atoms with E-state index < -0.39 is 9.84 Å². The molecule has 2 unspecified atom stereocenters. The molecule has 1 saturated carbocycles. The normalized spacial score (nSPS) is 22.3. The van der Waals surface area contributed by atoms with Crippen LogP contribution in [0.5, 0.6) is 0 Å². The lowest BCUT2D eigenvalue weighted by atomic mass is 10.2. The number of sulfone groups is 1. The highest BCUT2D eigenvalue weighted by molar-refractivity contribution is 7.91. The summed E-state index contributed by atoms with van der Waals surface area (Å²) in [6, 6.07) is 3.60. The van der Waals surface area contributed by atoms with Crippen LogP contribution in [-0.4, -0.2) is 45.7 Å². The highest BCUT2D eigenvalue weighted by Gasteiger charge is 2.35. The van der Waals surface area contributed by atoms with E-state index in [1.165, 1.54) is 12.6 Å². The number of nitrogens with zero attached hydrogens (tertiary/aromatic N) is 4. The molecule has 0 aliphatic heterocycles. The van der Waals surface area contributed by atoms with Crippen molar-refractivity contribution in [1.82, 2.24) is 19.7 Å². The van der Waals surface area contributed by atoms with Gasteiger partial charge in [-0.05, 0) is 31.4 Å². The second-order valence-corrected chi connectivity index (χ2v) is 7.53. The van der Waals surface area contributed by atoms with E-state index in [2.05, 4.69) is 20.4 Å². The second-order valence-electron chi connectivity index (χ2n) is 5.26. The highest BCUT2D eigenvalue weighted by Crippen LogP contribution is 2.29. The molecule has 1 N–H and O–H groups in total. The molecule has 112 valence electrons. The summed E-state index contributed by atoms with van der Waals surface area (Å²) in [7, 11) is -3.06. The molecule has 8 heteroatoms. The summed E-state index contributed by atoms with van der Waals surface area (Å²) in [5, 5.41) is 7.05. The summed E-state index contributed by atoms with van der Waals surface area (Å²) in [5.41, 5.74) is 0.767. The van der Waals surface area contributed by atoms with E-state index in [0.717, 1.165) is 18.5 Å². The molecule has 0 aromatic carbocycles. The van der Waals surface area contributed by atoms with Crippen molar-refractivity contribution in [2.45, 2.75) is 30.6 Å². The van der Waals surface area contributed by atoms with Gasteiger partial charge in [-0.1, -0.05) is 0 Å². The van der Waals surface area contributed by atoms with Crippen LogP contribution in [0, 0.1) is 0 Å². The minimum absolute atomic E-state index is 0.0912. The number of pyridine rings is 1. The Balaban J connectivity index is 1.89. The van der Waals surface area contributed by atoms with Crippen LogP contribution in [0.15, 0.2) is 31.0 Å². The smallest absolute Gasteiger partial charge is 0.178 e. The zero-order chi connectivity index (χ0) is 14.9. The summed E-state index contributed by atoms with van der Waals surface area (Å²) in [6.45, 7) is 0. The van der Waals surface area contributed by atoms with Crippen LogP contribution < -0.4 is 5.32 Å². The lowest BCUT2D eigenvalue weighted by Crippen LogP contribution is -2.34. The Bertz CT molecular complexity index is 714. The largest absolute Gasteiger partial charge is 0.378 e. The number of rotatable bonds is 4. The van der Waals surface area contributed by atoms with Crippen LogP contribution in [0.2, 0.25) is 0 Å². The monoisotopic (exact) mass is 307 g/mol. The van der Waals surface area contributed by atoms with E-state index >= 15 is 0 Å². The molecule has 0 spiro atoms. The predicted octanol–water partition coefficient (Wildman–Crippen LogP) is 1.04. The quantitative estimate of drug-likeness (QED) is 0.907. The minimum Gasteiger partial charge on any atom is -0.378 e. The molecular weight excluding hydrogens is 290 g/mol. The van der Waals surface area contributed by atoms with Gasteiger partial charge >= 0.3 is 0 Å². The molecule has 0 radical (unpaired) electrons. The van der Waals surface area contributed by atoms with Gasteiger partial charge in [-0.2, -0.15) is 5.10 Å². The van der Waals surface area contributed by atoms with Crippen LogP contribution >= 0.6 is 0 Å². The van der Waals surface area contributed by atoms with Crippen molar-refractivity contribution >= 4 is 15.5 Å². The molecule has 7 nitrogen and oxygen atoms in total. The first-order chi connectivity index (χ1) is 10.1. The van der Waals surface area contributed by atoms with Crippen LogP contribution in [0.1, 0.15) is 19.3 Å². The molecular formula is C13H17N5O2S. The summed E-state index contributed by atoms with van der Waals surface area (Å²) in [4.78, 5) is 8.21. The first-order valence-electron chi connectivity index (χ1n) is 6.81. The number of nitrogens with one attached hydrogen (secondary N) is 1. The number of aromatic nitrogens is 4. The van der Waals surface area contributed by atoms with Crippen molar-refractivity contribution in [2.75, 3.05) is 11.6 Å². The molecule has 1 fully saturated rings. The number of anilines is 1. The van der Waals surface area contributed by atoms with Gasteiger partial charge in [0, 0.05) is 18.5 Å². The first kappa shape index (κ1) is 14.0. The fourth-order valence-corrected chi connectivity index (χ4v) is 4.21. The Labute approximate surface area is 123 Å². The van der Waals surface area contributed by atoms with Crippen LogP contribution in [0.25, 0.3) is 5.82 Å². The summed E-state index contributed by atoms with van der Waals surface area (Å²) in [6.07, 6.45) is 8.43. The highest BCUT2D eigenvalue weighted by atomic mass is 32.2. The molecule has 3 rings (SSSR count). The number of hydrogen-bond acceptors (Lipinski definition) is 6. The predicted molar refractivity (Wildman–Crippen MR) is 79.0 cm³/mol. The molecule has 2 heterocycles. The van der Waals surface area contributed by atoms with Crippen LogP contribution in [0.3, 0.4) is 0 Å². The molecule has 1 aliphatic rings. The Morgan fingerprint density at radius 1 is 1.38 bits per heavy atom. The van der Waals surface area contributed by atoms with Crippen molar-refractivity contribution in [3.8, 4) is 5.82 Å². The lowest BCUT2D eigenvalue weighted by Gasteiger charge is -2.21. The van der Waals surface area contributed by atoms with Crippen molar-refractivity contribution in [3.63, 3.8) is 0 Å². The van der Waals surface area contributed by atoms with E-state index in [4.69, 9.17) is 0 Å². The Kier molecular flexibility index (Phi) is 3.62. The van der Waals surface area contributed by atoms with E-state index in [0.29, 0.717) is 12.2 Å². The van der Waals surface area contributed by atoms with Crippen molar-refractivity contribution in [1.29, 1.82) is 0 Å². The molecule has 2 aromatic rings. The summed E-state index contributed by atoms with van der Waals surface area (Å²) in [5.74, 6) is 0.620. The van der Waals surface area contributed by atoms with E-state index in [1.807, 2.05) is 12.1 Å². The Morgan fingerprint density at radius 2 is 2.24 bits per heavy atom. The van der Waals surface area contributed by atoms with Crippen LogP contribution in [0.4, 0.5) is 5.69 Å². The molecule has 0 amide bonds. The van der Waals surface area contributed by atoms with E-state index in [9.17, 15) is 8.42 Å². The van der Waals surface area contributed by atoms with Gasteiger partial charge in [0.15, 0.2) is 15.7 Å². The maximum absolute atomic E-state index is 11.9. The van der Waals surface area contributed by atoms with Crippen LogP contribution in [-0.2, 0) is 9.84 Å². The van der Waals surface area contributed by atoms with Gasteiger partial charge in [0.2, 0.25) is 0 Å². The Hall–Kier alpha value is -1.96. The fourth-order valence-electron chi connectivity index (χ4n) is 2.81. The van der Waals surface area contributed by atoms with Gasteiger partial charge in [0.25, 0.3) is 0 Å². The standard InChI is InChI=1S/C13H17N5O2S/c1-21(19,20)12-6-2-4-10(12)17-11-5-3-7-15-13(11)18-9-14-8-16-18/h3,5,7-10,12,17H,2,4,6H2,1H3. The van der Waals surface area contributed by atoms with E-state index in [-0.39, 0.29) is 11.3 Å². The first-order valence-corrected chi connectivity index (χ1v) is 8.76. The SMILES string of the molecule is CS(=O)(=O)C1CCCC1Nc1cccnc1-n1cncn1. The second kappa shape index (κ2) is 5.44. The molecule has 2 atom stereocenters. The summed E-state index contributed by atoms with van der Waals surface area (Å²) >= 11 is 0. The van der Waals surface area contributed by atoms with Crippen molar-refractivity contribution in [3.05, 3.63) is 31.0 Å². The van der Waals surface area contributed by atoms with Gasteiger partial charge in [-0.15, -0.1) is 0 Å². The lowest BCUT2D eigenvalue weighted by molar-refractivity contribution is 0.579. The molecule has 21 heavy (non-hydrogen) atoms. The average molecular weight is 307 g/mol. The molecule has 0 saturated heterocycles. The van der Waals surface area contributed by atoms with Gasteiger partial charge in [0.05, 0.1) is 10.9 Å². The average Bonchev–Trinajstić information content (AvgIpc) is 3.09. The zero-order valence-corrected chi connectivity index (χ0v) is 12.5. The van der Waals surface area contributed by atoms with Crippen molar-refractivity contribution in [2.24, 2.45) is 0 Å². The third-order valence-electron chi connectivity index (χ3n) is 3.77. The third-order valence-corrected chi connectivity index (χ3v) is 5.43. The number of hydrogen-bond donors (Lipinski definition) is 1. The third kappa shape index (κ3) is 2.90. The van der Waals surface area contributed by atoms with Crippen molar-refractivity contribution < 1.29 is 8.42 Å². The van der Waals surface area contributed by atoms with E-state index in [1.54, 1.807) is 17.2 Å². The molecule has 0 bridgehead atoms. The van der Waals surface area contributed by atoms with Gasteiger partial charge < -0.3 is 5.32 Å². The van der Waals surface area contributed by atoms with Gasteiger partial charge in [-0.3, -0.25) is 0 Å². The Morgan fingerprint density at radius 3 is 2.95 bits per heavy atom. The molecule has 2 aromatic heterocycles. The maximum atomic E-state index is 11.9. The zero-order valence-electron chi connectivity index (χ0n) is 11.7. The van der Waals surface area contributed by atoms with Gasteiger partial charge in [-0.25, -0.2) is 23.1 Å². The maximum Gasteiger partial charge on any atom is 0.178 e. The minimum atomic E-state index is -3.06. The topological polar surface area (TPSA) is 89.8 Å². The fraction of sp³-hybridized carbons (Fsp3) is 0.462. The summed E-state index contributed by atoms with van der Waals surface area (Å²) < 4.78 is 25.3.